The van der Waals surface area contributed by atoms with Crippen LogP contribution in [0.4, 0.5) is 10.5 Å². The summed E-state index contributed by atoms with van der Waals surface area (Å²) < 4.78 is 5.50. The van der Waals surface area contributed by atoms with E-state index >= 15 is 0 Å². The van der Waals surface area contributed by atoms with Gasteiger partial charge in [-0.1, -0.05) is 48.5 Å². The molecule has 3 aromatic carbocycles. The van der Waals surface area contributed by atoms with Crippen molar-refractivity contribution in [1.82, 2.24) is 0 Å². The Balaban J connectivity index is 1.37. The molecule has 0 bridgehead atoms. The first-order valence-corrected chi connectivity index (χ1v) is 10.00. The van der Waals surface area contributed by atoms with Crippen LogP contribution in [0.1, 0.15) is 40.2 Å². The van der Waals surface area contributed by atoms with Crippen molar-refractivity contribution in [3.05, 3.63) is 89.5 Å². The van der Waals surface area contributed by atoms with Gasteiger partial charge < -0.3 is 9.84 Å². The summed E-state index contributed by atoms with van der Waals surface area (Å²) in [4.78, 5) is 34.9. The van der Waals surface area contributed by atoms with Crippen LogP contribution in [0, 0.1) is 0 Å². The third kappa shape index (κ3) is 4.48. The number of anilines is 1. The lowest BCUT2D eigenvalue weighted by atomic mass is 9.98. The number of carboxylic acid groups (broad SMARTS) is 1. The van der Waals surface area contributed by atoms with Crippen LogP contribution >= 0.6 is 0 Å². The Bertz CT molecular complexity index is 1090. The lowest BCUT2D eigenvalue weighted by Crippen LogP contribution is -2.18. The number of Topliss-reactive ketones (excluding diaryl/α,β-unsaturated/α-hetero) is 1. The molecule has 31 heavy (non-hydrogen) atoms. The predicted octanol–water partition coefficient (Wildman–Crippen LogP) is 5.10. The maximum absolute atomic E-state index is 12.3. The van der Waals surface area contributed by atoms with E-state index in [4.69, 9.17) is 9.84 Å². The monoisotopic (exact) mass is 415 g/mol. The van der Waals surface area contributed by atoms with E-state index in [1.165, 1.54) is 0 Å². The minimum absolute atomic E-state index is 0.0209. The Morgan fingerprint density at radius 3 is 1.97 bits per heavy atom. The maximum Gasteiger partial charge on any atom is 0.411 e. The second kappa shape index (κ2) is 8.83. The largest absolute Gasteiger partial charge is 0.481 e. The molecular weight excluding hydrogens is 394 g/mol. The molecule has 0 fully saturated rings. The zero-order valence-electron chi connectivity index (χ0n) is 16.7. The molecule has 0 atom stereocenters. The number of amides is 1. The van der Waals surface area contributed by atoms with Crippen molar-refractivity contribution in [2.75, 3.05) is 11.9 Å². The molecule has 156 valence electrons. The van der Waals surface area contributed by atoms with Crippen LogP contribution < -0.4 is 5.32 Å². The number of ketones is 1. The Hall–Kier alpha value is -3.93. The number of hydrogen-bond acceptors (Lipinski definition) is 4. The summed E-state index contributed by atoms with van der Waals surface area (Å²) in [7, 11) is 0. The van der Waals surface area contributed by atoms with Gasteiger partial charge in [0.25, 0.3) is 0 Å². The zero-order valence-corrected chi connectivity index (χ0v) is 16.7. The number of hydrogen-bond donors (Lipinski definition) is 2. The first kappa shape index (κ1) is 20.3. The van der Waals surface area contributed by atoms with E-state index < -0.39 is 12.1 Å². The number of benzene rings is 3. The van der Waals surface area contributed by atoms with Gasteiger partial charge in [0.2, 0.25) is 0 Å². The molecule has 0 aromatic heterocycles. The molecule has 6 nitrogen and oxygen atoms in total. The van der Waals surface area contributed by atoms with Crippen molar-refractivity contribution in [2.45, 2.75) is 18.8 Å². The lowest BCUT2D eigenvalue weighted by Gasteiger charge is -2.14. The summed E-state index contributed by atoms with van der Waals surface area (Å²) in [6.07, 6.45) is -0.848. The van der Waals surface area contributed by atoms with Crippen molar-refractivity contribution in [3.63, 3.8) is 0 Å². The highest BCUT2D eigenvalue weighted by molar-refractivity contribution is 5.98. The minimum atomic E-state index is -1.01. The second-order valence-electron chi connectivity index (χ2n) is 7.34. The lowest BCUT2D eigenvalue weighted by molar-refractivity contribution is -0.136. The fourth-order valence-electron chi connectivity index (χ4n) is 3.86. The van der Waals surface area contributed by atoms with Crippen LogP contribution in [0.15, 0.2) is 72.8 Å². The number of nitrogens with one attached hydrogen (secondary N) is 1. The van der Waals surface area contributed by atoms with Crippen LogP contribution in [0.2, 0.25) is 0 Å². The molecule has 0 radical (unpaired) electrons. The van der Waals surface area contributed by atoms with Gasteiger partial charge >= 0.3 is 12.1 Å². The molecule has 1 aliphatic rings. The van der Waals surface area contributed by atoms with Crippen molar-refractivity contribution >= 4 is 23.5 Å². The summed E-state index contributed by atoms with van der Waals surface area (Å²) in [6.45, 7) is 0.214. The number of carbonyl (C=O) groups excluding carboxylic acids is 2. The number of carboxylic acids is 1. The molecule has 0 aliphatic heterocycles. The fourth-order valence-corrected chi connectivity index (χ4v) is 3.86. The van der Waals surface area contributed by atoms with E-state index in [9.17, 15) is 14.4 Å². The summed E-state index contributed by atoms with van der Waals surface area (Å²) in [6, 6.07) is 22.5. The van der Waals surface area contributed by atoms with Gasteiger partial charge in [0.1, 0.15) is 6.61 Å². The molecule has 2 N–H and O–H groups in total. The van der Waals surface area contributed by atoms with Crippen molar-refractivity contribution in [1.29, 1.82) is 0 Å². The Morgan fingerprint density at radius 1 is 0.806 bits per heavy atom. The fraction of sp³-hybridized carbons (Fsp3) is 0.160. The summed E-state index contributed by atoms with van der Waals surface area (Å²) in [5, 5.41) is 11.3. The molecule has 0 heterocycles. The number of fused-ring (bicyclic) bond motifs is 3. The van der Waals surface area contributed by atoms with Gasteiger partial charge in [-0.15, -0.1) is 0 Å². The zero-order chi connectivity index (χ0) is 21.8. The van der Waals surface area contributed by atoms with Gasteiger partial charge in [-0.25, -0.2) is 4.79 Å². The van der Waals surface area contributed by atoms with Crippen LogP contribution in [0.25, 0.3) is 11.1 Å². The highest BCUT2D eigenvalue weighted by Gasteiger charge is 2.29. The van der Waals surface area contributed by atoms with Gasteiger partial charge in [-0.2, -0.15) is 0 Å². The number of rotatable bonds is 7. The summed E-state index contributed by atoms with van der Waals surface area (Å²) >= 11 is 0. The van der Waals surface area contributed by atoms with Crippen LogP contribution in [-0.2, 0) is 9.53 Å². The average molecular weight is 415 g/mol. The van der Waals surface area contributed by atoms with Gasteiger partial charge in [0, 0.05) is 23.6 Å². The van der Waals surface area contributed by atoms with Gasteiger partial charge in [0.15, 0.2) is 5.78 Å². The highest BCUT2D eigenvalue weighted by atomic mass is 16.5. The van der Waals surface area contributed by atoms with E-state index in [0.29, 0.717) is 11.3 Å². The van der Waals surface area contributed by atoms with Crippen molar-refractivity contribution in [2.24, 2.45) is 0 Å². The Labute approximate surface area is 179 Å². The van der Waals surface area contributed by atoms with Crippen molar-refractivity contribution in [3.8, 4) is 11.1 Å². The molecule has 0 saturated carbocycles. The SMILES string of the molecule is O=C(O)CCC(=O)c1ccc(NC(=O)OCC2c3ccccc3-c3ccccc32)cc1. The molecule has 4 rings (SSSR count). The van der Waals surface area contributed by atoms with Gasteiger partial charge in [0.05, 0.1) is 6.42 Å². The molecule has 6 heteroatoms. The van der Waals surface area contributed by atoms with E-state index in [-0.39, 0.29) is 31.1 Å². The molecule has 1 amide bonds. The number of ether oxygens (including phenoxy) is 1. The van der Waals surface area contributed by atoms with Crippen molar-refractivity contribution < 1.29 is 24.2 Å². The third-order valence-corrected chi connectivity index (χ3v) is 5.36. The topological polar surface area (TPSA) is 92.7 Å². The van der Waals surface area contributed by atoms with E-state index in [2.05, 4.69) is 29.6 Å². The summed E-state index contributed by atoms with van der Waals surface area (Å²) in [5.74, 6) is -1.29. The number of carbonyl (C=O) groups is 3. The molecule has 0 spiro atoms. The molecule has 0 unspecified atom stereocenters. The Morgan fingerprint density at radius 2 is 1.39 bits per heavy atom. The van der Waals surface area contributed by atoms with E-state index in [1.807, 2.05) is 24.3 Å². The van der Waals surface area contributed by atoms with Crippen LogP contribution in [0.3, 0.4) is 0 Å². The average Bonchev–Trinajstić information content (AvgIpc) is 3.10. The predicted molar refractivity (Wildman–Crippen MR) is 116 cm³/mol. The van der Waals surface area contributed by atoms with E-state index in [0.717, 1.165) is 22.3 Å². The molecule has 0 saturated heterocycles. The van der Waals surface area contributed by atoms with Gasteiger partial charge in [-0.05, 0) is 46.5 Å². The quantitative estimate of drug-likeness (QED) is 0.524. The molecule has 3 aromatic rings. The normalized spacial score (nSPS) is 12.0. The van der Waals surface area contributed by atoms with Gasteiger partial charge in [-0.3, -0.25) is 14.9 Å². The minimum Gasteiger partial charge on any atom is -0.481 e. The van der Waals surface area contributed by atoms with Crippen LogP contribution in [-0.4, -0.2) is 29.6 Å². The maximum atomic E-state index is 12.3. The van der Waals surface area contributed by atoms with E-state index in [1.54, 1.807) is 24.3 Å². The molecular formula is C25H21NO5. The third-order valence-electron chi connectivity index (χ3n) is 5.36. The van der Waals surface area contributed by atoms with Crippen LogP contribution in [0.5, 0.6) is 0 Å². The standard InChI is InChI=1S/C25H21NO5/c27-23(13-14-24(28)29)16-9-11-17(12-10-16)26-25(30)31-15-22-20-7-3-1-5-18(20)19-6-2-4-8-21(19)22/h1-12,22H,13-15H2,(H,26,30)(H,28,29). The summed E-state index contributed by atoms with van der Waals surface area (Å²) in [5.41, 5.74) is 5.50. The smallest absolute Gasteiger partial charge is 0.411 e. The first-order chi connectivity index (χ1) is 15.0. The Kier molecular flexibility index (Phi) is 5.80. The highest BCUT2D eigenvalue weighted by Crippen LogP contribution is 2.44. The second-order valence-corrected chi connectivity index (χ2v) is 7.34. The first-order valence-electron chi connectivity index (χ1n) is 10.00. The number of aliphatic carboxylic acids is 1. The molecule has 1 aliphatic carbocycles.